The quantitative estimate of drug-likeness (QED) is 0.776. The number of rotatable bonds is 3. The normalized spacial score (nSPS) is 10.8. The molecule has 4 heteroatoms. The van der Waals surface area contributed by atoms with Gasteiger partial charge in [0.2, 0.25) is 0 Å². The van der Waals surface area contributed by atoms with Crippen LogP contribution in [0.4, 0.5) is 5.69 Å². The lowest BCUT2D eigenvalue weighted by Gasteiger charge is -2.08. The lowest BCUT2D eigenvalue weighted by Crippen LogP contribution is -2.02. The average molecular weight is 253 g/mol. The molecular formula is C15H15N3O. The highest BCUT2D eigenvalue weighted by molar-refractivity contribution is 5.90. The van der Waals surface area contributed by atoms with E-state index in [0.29, 0.717) is 6.54 Å². The fourth-order valence-electron chi connectivity index (χ4n) is 2.19. The van der Waals surface area contributed by atoms with E-state index in [4.69, 9.17) is 4.52 Å². The van der Waals surface area contributed by atoms with E-state index < -0.39 is 0 Å². The Morgan fingerprint density at radius 2 is 2.00 bits per heavy atom. The van der Waals surface area contributed by atoms with Gasteiger partial charge in [0, 0.05) is 29.4 Å². The molecule has 0 saturated heterocycles. The molecule has 1 aromatic carbocycles. The van der Waals surface area contributed by atoms with E-state index in [-0.39, 0.29) is 0 Å². The number of hydrogen-bond donors (Lipinski definition) is 1. The van der Waals surface area contributed by atoms with Crippen LogP contribution in [-0.4, -0.2) is 10.1 Å². The number of hydrogen-bond acceptors (Lipinski definition) is 4. The Hall–Kier alpha value is -2.36. The molecule has 0 aliphatic carbocycles. The van der Waals surface area contributed by atoms with Gasteiger partial charge in [-0.3, -0.25) is 4.98 Å². The van der Waals surface area contributed by atoms with Crippen LogP contribution in [0.2, 0.25) is 0 Å². The van der Waals surface area contributed by atoms with Crippen LogP contribution in [0.25, 0.3) is 10.9 Å². The number of nitrogens with one attached hydrogen (secondary N) is 1. The number of nitrogens with zero attached hydrogens (tertiary/aromatic N) is 2. The summed E-state index contributed by atoms with van der Waals surface area (Å²) in [6.07, 6.45) is 1.82. The number of para-hydroxylation sites is 1. The molecule has 0 fully saturated rings. The van der Waals surface area contributed by atoms with Crippen molar-refractivity contribution in [3.8, 4) is 0 Å². The monoisotopic (exact) mass is 253 g/mol. The van der Waals surface area contributed by atoms with Gasteiger partial charge < -0.3 is 9.84 Å². The maximum atomic E-state index is 5.17. The largest absolute Gasteiger partial charge is 0.380 e. The van der Waals surface area contributed by atoms with Gasteiger partial charge in [-0.15, -0.1) is 0 Å². The van der Waals surface area contributed by atoms with Crippen molar-refractivity contribution in [2.24, 2.45) is 0 Å². The molecule has 4 nitrogen and oxygen atoms in total. The Kier molecular flexibility index (Phi) is 2.91. The Balaban J connectivity index is 1.90. The summed E-state index contributed by atoms with van der Waals surface area (Å²) in [7, 11) is 0. The number of aromatic nitrogens is 2. The zero-order valence-corrected chi connectivity index (χ0v) is 11.0. The molecule has 0 aliphatic heterocycles. The SMILES string of the molecule is Cc1noc(C)c1CNc1ccnc2ccccc12. The molecule has 0 aliphatic rings. The van der Waals surface area contributed by atoms with E-state index >= 15 is 0 Å². The number of fused-ring (bicyclic) bond motifs is 1. The molecule has 0 saturated carbocycles. The van der Waals surface area contributed by atoms with E-state index in [1.165, 1.54) is 0 Å². The molecule has 96 valence electrons. The Morgan fingerprint density at radius 3 is 2.79 bits per heavy atom. The Labute approximate surface area is 111 Å². The van der Waals surface area contributed by atoms with E-state index in [1.54, 1.807) is 0 Å². The summed E-state index contributed by atoms with van der Waals surface area (Å²) in [5.74, 6) is 0.864. The second kappa shape index (κ2) is 4.72. The van der Waals surface area contributed by atoms with Gasteiger partial charge in [0.15, 0.2) is 0 Å². The first-order chi connectivity index (χ1) is 9.25. The third-order valence-electron chi connectivity index (χ3n) is 3.29. The molecule has 1 N–H and O–H groups in total. The summed E-state index contributed by atoms with van der Waals surface area (Å²) in [6.45, 7) is 4.59. The van der Waals surface area contributed by atoms with Gasteiger partial charge in [0.25, 0.3) is 0 Å². The second-order valence-electron chi connectivity index (χ2n) is 4.53. The Bertz CT molecular complexity index is 693. The van der Waals surface area contributed by atoms with E-state index in [9.17, 15) is 0 Å². The fraction of sp³-hybridized carbons (Fsp3) is 0.200. The third-order valence-corrected chi connectivity index (χ3v) is 3.29. The average Bonchev–Trinajstić information content (AvgIpc) is 2.76. The van der Waals surface area contributed by atoms with Crippen molar-refractivity contribution in [2.45, 2.75) is 20.4 Å². The fourth-order valence-corrected chi connectivity index (χ4v) is 2.19. The summed E-state index contributed by atoms with van der Waals surface area (Å²) in [5.41, 5.74) is 4.11. The van der Waals surface area contributed by atoms with Gasteiger partial charge in [0.05, 0.1) is 11.2 Å². The predicted octanol–water partition coefficient (Wildman–Crippen LogP) is 3.45. The number of pyridine rings is 1. The van der Waals surface area contributed by atoms with Crippen LogP contribution in [0.3, 0.4) is 0 Å². The standard InChI is InChI=1S/C15H15N3O/c1-10-13(11(2)19-18-10)9-17-15-7-8-16-14-6-4-3-5-12(14)15/h3-8H,9H2,1-2H3,(H,16,17). The zero-order valence-electron chi connectivity index (χ0n) is 11.0. The lowest BCUT2D eigenvalue weighted by molar-refractivity contribution is 0.392. The summed E-state index contributed by atoms with van der Waals surface area (Å²) >= 11 is 0. The summed E-state index contributed by atoms with van der Waals surface area (Å²) in [5, 5.41) is 8.52. The number of anilines is 1. The predicted molar refractivity (Wildman–Crippen MR) is 75.0 cm³/mol. The molecule has 3 aromatic rings. The van der Waals surface area contributed by atoms with E-state index in [1.807, 2.05) is 44.3 Å². The van der Waals surface area contributed by atoms with E-state index in [0.717, 1.165) is 33.6 Å². The highest BCUT2D eigenvalue weighted by Crippen LogP contribution is 2.22. The molecular weight excluding hydrogens is 238 g/mol. The van der Waals surface area contributed by atoms with Crippen molar-refractivity contribution in [2.75, 3.05) is 5.32 Å². The molecule has 2 heterocycles. The summed E-state index contributed by atoms with van der Waals surface area (Å²) in [6, 6.07) is 10.1. The zero-order chi connectivity index (χ0) is 13.2. The molecule has 0 radical (unpaired) electrons. The van der Waals surface area contributed by atoms with Crippen LogP contribution in [-0.2, 0) is 6.54 Å². The minimum Gasteiger partial charge on any atom is -0.380 e. The van der Waals surface area contributed by atoms with Crippen LogP contribution in [0.1, 0.15) is 17.0 Å². The van der Waals surface area contributed by atoms with Crippen molar-refractivity contribution >= 4 is 16.6 Å². The van der Waals surface area contributed by atoms with E-state index in [2.05, 4.69) is 21.5 Å². The van der Waals surface area contributed by atoms with Gasteiger partial charge in [0.1, 0.15) is 5.76 Å². The topological polar surface area (TPSA) is 51.0 Å². The highest BCUT2D eigenvalue weighted by Gasteiger charge is 2.09. The van der Waals surface area contributed by atoms with Crippen molar-refractivity contribution in [3.05, 3.63) is 53.5 Å². The molecule has 2 aromatic heterocycles. The summed E-state index contributed by atoms with van der Waals surface area (Å²) < 4.78 is 5.17. The maximum Gasteiger partial charge on any atom is 0.138 e. The maximum absolute atomic E-state index is 5.17. The van der Waals surface area contributed by atoms with Crippen molar-refractivity contribution in [1.29, 1.82) is 0 Å². The summed E-state index contributed by atoms with van der Waals surface area (Å²) in [4.78, 5) is 4.35. The molecule has 0 atom stereocenters. The number of benzene rings is 1. The molecule has 0 spiro atoms. The number of aryl methyl sites for hydroxylation is 2. The van der Waals surface area contributed by atoms with Gasteiger partial charge >= 0.3 is 0 Å². The van der Waals surface area contributed by atoms with Crippen molar-refractivity contribution < 1.29 is 4.52 Å². The lowest BCUT2D eigenvalue weighted by atomic mass is 10.1. The van der Waals surface area contributed by atoms with Crippen LogP contribution < -0.4 is 5.32 Å². The molecule has 19 heavy (non-hydrogen) atoms. The molecule has 0 amide bonds. The third kappa shape index (κ3) is 2.17. The van der Waals surface area contributed by atoms with Crippen LogP contribution in [0, 0.1) is 13.8 Å². The van der Waals surface area contributed by atoms with Crippen LogP contribution in [0.15, 0.2) is 41.1 Å². The Morgan fingerprint density at radius 1 is 1.16 bits per heavy atom. The van der Waals surface area contributed by atoms with Crippen LogP contribution >= 0.6 is 0 Å². The molecule has 0 bridgehead atoms. The first-order valence-corrected chi connectivity index (χ1v) is 6.25. The first kappa shape index (κ1) is 11.7. The van der Waals surface area contributed by atoms with Crippen LogP contribution in [0.5, 0.6) is 0 Å². The van der Waals surface area contributed by atoms with Crippen molar-refractivity contribution in [3.63, 3.8) is 0 Å². The second-order valence-corrected chi connectivity index (χ2v) is 4.53. The smallest absolute Gasteiger partial charge is 0.138 e. The first-order valence-electron chi connectivity index (χ1n) is 6.25. The van der Waals surface area contributed by atoms with Gasteiger partial charge in [-0.1, -0.05) is 23.4 Å². The minimum absolute atomic E-state index is 0.704. The minimum atomic E-state index is 0.704. The highest BCUT2D eigenvalue weighted by atomic mass is 16.5. The van der Waals surface area contributed by atoms with Gasteiger partial charge in [-0.25, -0.2) is 0 Å². The molecule has 0 unspecified atom stereocenters. The van der Waals surface area contributed by atoms with Crippen molar-refractivity contribution in [1.82, 2.24) is 10.1 Å². The molecule has 3 rings (SSSR count). The van der Waals surface area contributed by atoms with Gasteiger partial charge in [-0.05, 0) is 26.0 Å². The van der Waals surface area contributed by atoms with Gasteiger partial charge in [-0.2, -0.15) is 0 Å².